The Bertz CT molecular complexity index is 739. The Hall–Kier alpha value is -2.12. The van der Waals surface area contributed by atoms with E-state index in [0.717, 1.165) is 11.6 Å². The monoisotopic (exact) mass is 366 g/mol. The van der Waals surface area contributed by atoms with Crippen molar-refractivity contribution >= 4 is 5.82 Å². The number of halogens is 3. The van der Waals surface area contributed by atoms with Gasteiger partial charge in [0.25, 0.3) is 0 Å². The van der Waals surface area contributed by atoms with Gasteiger partial charge in [0.05, 0.1) is 18.3 Å². The maximum atomic E-state index is 13.3. The summed E-state index contributed by atoms with van der Waals surface area (Å²) in [6, 6.07) is 11.6. The molecule has 7 heteroatoms. The normalized spacial score (nSPS) is 23.9. The second-order valence-electron chi connectivity index (χ2n) is 6.78. The molecule has 4 nitrogen and oxygen atoms in total. The first kappa shape index (κ1) is 18.7. The van der Waals surface area contributed by atoms with Gasteiger partial charge in [-0.05, 0) is 30.5 Å². The van der Waals surface area contributed by atoms with Crippen LogP contribution in [-0.2, 0) is 12.6 Å². The molecule has 0 spiro atoms. The Morgan fingerprint density at radius 3 is 2.54 bits per heavy atom. The van der Waals surface area contributed by atoms with Crippen molar-refractivity contribution in [2.45, 2.75) is 25.1 Å². The average molecular weight is 366 g/mol. The zero-order valence-corrected chi connectivity index (χ0v) is 14.2. The number of hydrogen-bond donors (Lipinski definition) is 2. The second-order valence-corrected chi connectivity index (χ2v) is 6.78. The van der Waals surface area contributed by atoms with Crippen molar-refractivity contribution < 1.29 is 23.4 Å². The smallest absolute Gasteiger partial charge is 0.396 e. The molecule has 140 valence electrons. The Morgan fingerprint density at radius 1 is 1.15 bits per heavy atom. The molecule has 26 heavy (non-hydrogen) atoms. The predicted octanol–water partition coefficient (Wildman–Crippen LogP) is 2.89. The molecule has 1 saturated heterocycles. The van der Waals surface area contributed by atoms with Gasteiger partial charge in [0.15, 0.2) is 0 Å². The highest BCUT2D eigenvalue weighted by Gasteiger charge is 2.45. The summed E-state index contributed by atoms with van der Waals surface area (Å²) in [4.78, 5) is 5.47. The van der Waals surface area contributed by atoms with Gasteiger partial charge in [-0.15, -0.1) is 0 Å². The van der Waals surface area contributed by atoms with Gasteiger partial charge >= 0.3 is 6.18 Å². The van der Waals surface area contributed by atoms with Crippen LogP contribution < -0.4 is 4.90 Å². The van der Waals surface area contributed by atoms with E-state index in [1.807, 2.05) is 30.3 Å². The van der Waals surface area contributed by atoms with Crippen LogP contribution in [0.25, 0.3) is 0 Å². The molecule has 0 aliphatic carbocycles. The molecule has 1 aromatic carbocycles. The maximum Gasteiger partial charge on any atom is 0.419 e. The van der Waals surface area contributed by atoms with Crippen molar-refractivity contribution in [3.05, 3.63) is 59.8 Å². The Labute approximate surface area is 149 Å². The third kappa shape index (κ3) is 3.68. The van der Waals surface area contributed by atoms with Crippen LogP contribution in [0.5, 0.6) is 0 Å². The van der Waals surface area contributed by atoms with E-state index in [1.54, 1.807) is 0 Å². The van der Waals surface area contributed by atoms with Crippen LogP contribution in [-0.4, -0.2) is 41.0 Å². The van der Waals surface area contributed by atoms with Gasteiger partial charge < -0.3 is 15.1 Å². The Kier molecular flexibility index (Phi) is 5.20. The molecular formula is C19H21F3N2O2. The van der Waals surface area contributed by atoms with E-state index >= 15 is 0 Å². The molecule has 0 radical (unpaired) electrons. The maximum absolute atomic E-state index is 13.3. The fourth-order valence-electron chi connectivity index (χ4n) is 3.59. The van der Waals surface area contributed by atoms with E-state index in [-0.39, 0.29) is 31.9 Å². The zero-order valence-electron chi connectivity index (χ0n) is 14.2. The molecule has 0 saturated carbocycles. The van der Waals surface area contributed by atoms with E-state index < -0.39 is 23.3 Å². The SMILES string of the molecule is OC[C@]1(Cc2ccccc2)CN(c2ncccc2C(F)(F)F)CC[C@H]1O. The average Bonchev–Trinajstić information content (AvgIpc) is 2.64. The number of pyridine rings is 1. The Balaban J connectivity index is 1.93. The standard InChI is InChI=1S/C19H21F3N2O2/c20-19(21,22)15-7-4-9-23-17(15)24-10-8-16(26)18(12-24,13-25)11-14-5-2-1-3-6-14/h1-7,9,16,25-26H,8,10-13H2/t16-,18+/m1/s1. The van der Waals surface area contributed by atoms with Crippen LogP contribution in [0.1, 0.15) is 17.5 Å². The van der Waals surface area contributed by atoms with E-state index in [0.29, 0.717) is 6.42 Å². The van der Waals surface area contributed by atoms with Gasteiger partial charge in [-0.25, -0.2) is 4.98 Å². The Morgan fingerprint density at radius 2 is 1.88 bits per heavy atom. The molecule has 2 aromatic rings. The van der Waals surface area contributed by atoms with Crippen LogP contribution in [0, 0.1) is 5.41 Å². The number of aliphatic hydroxyl groups is 2. The number of alkyl halides is 3. The number of anilines is 1. The van der Waals surface area contributed by atoms with Gasteiger partial charge in [-0.1, -0.05) is 30.3 Å². The first-order valence-electron chi connectivity index (χ1n) is 8.46. The largest absolute Gasteiger partial charge is 0.419 e. The number of aromatic nitrogens is 1. The minimum absolute atomic E-state index is 0.0969. The number of aliphatic hydroxyl groups excluding tert-OH is 2. The van der Waals surface area contributed by atoms with E-state index in [1.165, 1.54) is 17.2 Å². The van der Waals surface area contributed by atoms with E-state index in [9.17, 15) is 23.4 Å². The van der Waals surface area contributed by atoms with Crippen molar-refractivity contribution in [1.29, 1.82) is 0 Å². The van der Waals surface area contributed by atoms with Crippen molar-refractivity contribution in [2.24, 2.45) is 5.41 Å². The summed E-state index contributed by atoms with van der Waals surface area (Å²) in [5.41, 5.74) is -0.831. The lowest BCUT2D eigenvalue weighted by Crippen LogP contribution is -2.55. The fraction of sp³-hybridized carbons (Fsp3) is 0.421. The van der Waals surface area contributed by atoms with Gasteiger partial charge in [0.1, 0.15) is 5.82 Å². The van der Waals surface area contributed by atoms with E-state index in [2.05, 4.69) is 4.98 Å². The summed E-state index contributed by atoms with van der Waals surface area (Å²) in [5.74, 6) is -0.155. The highest BCUT2D eigenvalue weighted by atomic mass is 19.4. The van der Waals surface area contributed by atoms with Crippen molar-refractivity contribution in [1.82, 2.24) is 4.98 Å². The second kappa shape index (κ2) is 7.25. The minimum atomic E-state index is -4.51. The lowest BCUT2D eigenvalue weighted by Gasteiger charge is -2.46. The van der Waals surface area contributed by atoms with Gasteiger partial charge in [0, 0.05) is 24.7 Å². The third-order valence-electron chi connectivity index (χ3n) is 4.99. The molecule has 2 atom stereocenters. The summed E-state index contributed by atoms with van der Waals surface area (Å²) in [6.07, 6.45) is -3.35. The van der Waals surface area contributed by atoms with E-state index in [4.69, 9.17) is 0 Å². The summed E-state index contributed by atoms with van der Waals surface area (Å²) in [6.45, 7) is 0.0190. The van der Waals surface area contributed by atoms with Gasteiger partial charge in [0.2, 0.25) is 0 Å². The molecule has 0 unspecified atom stereocenters. The van der Waals surface area contributed by atoms with Crippen molar-refractivity contribution in [3.8, 4) is 0 Å². The molecule has 1 fully saturated rings. The third-order valence-corrected chi connectivity index (χ3v) is 4.99. The van der Waals surface area contributed by atoms with Gasteiger partial charge in [-0.2, -0.15) is 13.2 Å². The number of rotatable bonds is 4. The lowest BCUT2D eigenvalue weighted by atomic mass is 9.73. The highest BCUT2D eigenvalue weighted by Crippen LogP contribution is 2.40. The summed E-state index contributed by atoms with van der Waals surface area (Å²) in [5, 5.41) is 20.6. The van der Waals surface area contributed by atoms with Crippen LogP contribution in [0.3, 0.4) is 0 Å². The molecule has 1 aromatic heterocycles. The van der Waals surface area contributed by atoms with Crippen molar-refractivity contribution in [3.63, 3.8) is 0 Å². The lowest BCUT2D eigenvalue weighted by molar-refractivity contribution is -0.137. The summed E-state index contributed by atoms with van der Waals surface area (Å²) in [7, 11) is 0. The van der Waals surface area contributed by atoms with Crippen LogP contribution in [0.15, 0.2) is 48.7 Å². The molecule has 2 N–H and O–H groups in total. The quantitative estimate of drug-likeness (QED) is 0.874. The zero-order chi connectivity index (χ0) is 18.8. The summed E-state index contributed by atoms with van der Waals surface area (Å²) < 4.78 is 40.0. The van der Waals surface area contributed by atoms with Crippen LogP contribution in [0.2, 0.25) is 0 Å². The first-order chi connectivity index (χ1) is 12.4. The molecule has 3 rings (SSSR count). The number of hydrogen-bond acceptors (Lipinski definition) is 4. The molecular weight excluding hydrogens is 345 g/mol. The van der Waals surface area contributed by atoms with Crippen LogP contribution in [0.4, 0.5) is 19.0 Å². The molecule has 1 aliphatic heterocycles. The number of benzene rings is 1. The molecule has 2 heterocycles. The first-order valence-corrected chi connectivity index (χ1v) is 8.46. The molecule has 0 amide bonds. The molecule has 0 bridgehead atoms. The van der Waals surface area contributed by atoms with Crippen molar-refractivity contribution in [2.75, 3.05) is 24.6 Å². The fourth-order valence-corrected chi connectivity index (χ4v) is 3.59. The predicted molar refractivity (Wildman–Crippen MR) is 91.7 cm³/mol. The minimum Gasteiger partial charge on any atom is -0.396 e. The van der Waals surface area contributed by atoms with Crippen LogP contribution >= 0.6 is 0 Å². The number of piperidine rings is 1. The number of nitrogens with zero attached hydrogens (tertiary/aromatic N) is 2. The molecule has 1 aliphatic rings. The van der Waals surface area contributed by atoms with Gasteiger partial charge in [-0.3, -0.25) is 0 Å². The topological polar surface area (TPSA) is 56.6 Å². The summed E-state index contributed by atoms with van der Waals surface area (Å²) >= 11 is 0. The highest BCUT2D eigenvalue weighted by molar-refractivity contribution is 5.49.